The molecule has 0 aromatic carbocycles. The lowest BCUT2D eigenvalue weighted by Gasteiger charge is -2.40. The molecule has 0 aliphatic rings. The second-order valence-corrected chi connectivity index (χ2v) is 3.31. The predicted molar refractivity (Wildman–Crippen MR) is 34.5 cm³/mol. The lowest BCUT2D eigenvalue weighted by atomic mass is 10.0. The monoisotopic (exact) mass is 317 g/mol. The molecular formula is C6H3F12N. The Labute approximate surface area is 96.3 Å². The van der Waals surface area contributed by atoms with Gasteiger partial charge in [-0.2, -0.15) is 48.3 Å². The molecule has 0 heterocycles. The number of hydrogen-bond acceptors (Lipinski definition) is 1. The summed E-state index contributed by atoms with van der Waals surface area (Å²) in [5.41, 5.74) is -6.08. The molecule has 0 bridgehead atoms. The summed E-state index contributed by atoms with van der Waals surface area (Å²) >= 11 is 0. The molecular weight excluding hydrogens is 314 g/mol. The Kier molecular flexibility index (Phi) is 4.11. The van der Waals surface area contributed by atoms with Crippen LogP contribution in [-0.2, 0) is 0 Å². The highest BCUT2D eigenvalue weighted by molar-refractivity contribution is 4.97. The zero-order valence-corrected chi connectivity index (χ0v) is 8.48. The van der Waals surface area contributed by atoms with Gasteiger partial charge in [0.2, 0.25) is 0 Å². The summed E-state index contributed by atoms with van der Waals surface area (Å²) in [6.45, 7) is -1.13. The molecule has 0 saturated heterocycles. The van der Waals surface area contributed by atoms with E-state index in [-0.39, 0.29) is 0 Å². The second kappa shape index (κ2) is 4.31. The number of rotatable bonds is 2. The van der Waals surface area contributed by atoms with Gasteiger partial charge in [0.25, 0.3) is 5.67 Å². The van der Waals surface area contributed by atoms with Crippen molar-refractivity contribution in [3.63, 3.8) is 0 Å². The molecule has 0 aromatic heterocycles. The standard InChI is InChI=1S/C6H3F12N/c1-2(7,3(8,9)10)4(11,12)19(5(13,14)15)6(16,17)18/h1H3. The van der Waals surface area contributed by atoms with Crippen LogP contribution in [0.2, 0.25) is 0 Å². The molecule has 116 valence electrons. The summed E-state index contributed by atoms with van der Waals surface area (Å²) in [6.07, 6.45) is -20.6. The lowest BCUT2D eigenvalue weighted by Crippen LogP contribution is -2.68. The first-order valence-corrected chi connectivity index (χ1v) is 3.94. The predicted octanol–water partition coefficient (Wildman–Crippen LogP) is 4.21. The van der Waals surface area contributed by atoms with Gasteiger partial charge in [-0.05, 0) is 6.92 Å². The molecule has 0 spiro atoms. The topological polar surface area (TPSA) is 3.24 Å². The van der Waals surface area contributed by atoms with E-state index in [0.29, 0.717) is 0 Å². The molecule has 0 rings (SSSR count). The molecule has 0 aliphatic heterocycles. The molecule has 1 unspecified atom stereocenters. The van der Waals surface area contributed by atoms with Crippen molar-refractivity contribution in [2.24, 2.45) is 0 Å². The highest BCUT2D eigenvalue weighted by atomic mass is 19.4. The fourth-order valence-electron chi connectivity index (χ4n) is 0.843. The van der Waals surface area contributed by atoms with E-state index >= 15 is 0 Å². The Balaban J connectivity index is 5.97. The van der Waals surface area contributed by atoms with Gasteiger partial charge in [-0.3, -0.25) is 0 Å². The van der Waals surface area contributed by atoms with E-state index in [2.05, 4.69) is 0 Å². The first kappa shape index (κ1) is 18.1. The van der Waals surface area contributed by atoms with Crippen LogP contribution in [0.5, 0.6) is 0 Å². The quantitative estimate of drug-likeness (QED) is 0.545. The molecule has 0 N–H and O–H groups in total. The summed E-state index contributed by atoms with van der Waals surface area (Å²) in [5.74, 6) is 0. The van der Waals surface area contributed by atoms with Gasteiger partial charge in [-0.25, -0.2) is 4.39 Å². The fourth-order valence-corrected chi connectivity index (χ4v) is 0.843. The van der Waals surface area contributed by atoms with E-state index in [0.717, 1.165) is 0 Å². The largest absolute Gasteiger partial charge is 0.472 e. The van der Waals surface area contributed by atoms with Crippen molar-refractivity contribution in [3.8, 4) is 0 Å². The van der Waals surface area contributed by atoms with Crippen molar-refractivity contribution in [1.29, 1.82) is 0 Å². The minimum atomic E-state index is -6.97. The maximum absolute atomic E-state index is 12.8. The highest BCUT2D eigenvalue weighted by Gasteiger charge is 2.79. The summed E-state index contributed by atoms with van der Waals surface area (Å²) in [5, 5.41) is 0. The van der Waals surface area contributed by atoms with Crippen LogP contribution in [-0.4, -0.2) is 35.4 Å². The second-order valence-electron chi connectivity index (χ2n) is 3.31. The van der Waals surface area contributed by atoms with Crippen molar-refractivity contribution < 1.29 is 52.7 Å². The summed E-state index contributed by atoms with van der Waals surface area (Å²) in [7, 11) is 0. The minimum Gasteiger partial charge on any atom is -0.226 e. The van der Waals surface area contributed by atoms with Gasteiger partial charge < -0.3 is 0 Å². The maximum Gasteiger partial charge on any atom is 0.472 e. The molecule has 0 fully saturated rings. The van der Waals surface area contributed by atoms with Crippen LogP contribution in [0.1, 0.15) is 6.92 Å². The van der Waals surface area contributed by atoms with Crippen molar-refractivity contribution >= 4 is 0 Å². The van der Waals surface area contributed by atoms with Gasteiger partial charge in [0.15, 0.2) is 0 Å². The fraction of sp³-hybridized carbons (Fsp3) is 1.00. The van der Waals surface area contributed by atoms with E-state index in [1.807, 2.05) is 0 Å². The Morgan fingerprint density at radius 1 is 0.579 bits per heavy atom. The molecule has 1 nitrogen and oxygen atoms in total. The molecule has 13 heteroatoms. The van der Waals surface area contributed by atoms with Gasteiger partial charge in [0.05, 0.1) is 0 Å². The zero-order chi connectivity index (χ0) is 16.1. The van der Waals surface area contributed by atoms with Gasteiger partial charge in [0.1, 0.15) is 0 Å². The van der Waals surface area contributed by atoms with Crippen LogP contribution >= 0.6 is 0 Å². The third-order valence-corrected chi connectivity index (χ3v) is 1.89. The van der Waals surface area contributed by atoms with Crippen molar-refractivity contribution in [2.45, 2.75) is 37.4 Å². The highest BCUT2D eigenvalue weighted by Crippen LogP contribution is 2.52. The molecule has 0 saturated carbocycles. The molecule has 1 atom stereocenters. The molecule has 19 heavy (non-hydrogen) atoms. The number of hydrogen-bond donors (Lipinski definition) is 0. The maximum atomic E-state index is 12.8. The normalized spacial score (nSPS) is 18.6. The van der Waals surface area contributed by atoms with Crippen molar-refractivity contribution in [3.05, 3.63) is 0 Å². The summed E-state index contributed by atoms with van der Waals surface area (Å²) in [6, 6.07) is -6.94. The van der Waals surface area contributed by atoms with Crippen LogP contribution < -0.4 is 0 Å². The van der Waals surface area contributed by atoms with E-state index in [1.54, 1.807) is 0 Å². The van der Waals surface area contributed by atoms with E-state index in [9.17, 15) is 52.7 Å². The SMILES string of the molecule is CC(F)(C(F)(F)F)C(F)(F)N(C(F)(F)F)C(F)(F)F. The Hall–Kier alpha value is -0.880. The average molecular weight is 317 g/mol. The number of nitrogens with zero attached hydrogens (tertiary/aromatic N) is 1. The molecule has 0 radical (unpaired) electrons. The Morgan fingerprint density at radius 3 is 1.00 bits per heavy atom. The van der Waals surface area contributed by atoms with Crippen LogP contribution in [0.4, 0.5) is 52.7 Å². The van der Waals surface area contributed by atoms with Crippen molar-refractivity contribution in [1.82, 2.24) is 4.90 Å². The molecule has 0 aromatic rings. The van der Waals surface area contributed by atoms with Gasteiger partial charge >= 0.3 is 24.8 Å². The van der Waals surface area contributed by atoms with Crippen LogP contribution in [0, 0.1) is 0 Å². The number of halogens is 12. The number of alkyl halides is 12. The summed E-state index contributed by atoms with van der Waals surface area (Å²) in [4.78, 5) is -3.74. The van der Waals surface area contributed by atoms with E-state index in [4.69, 9.17) is 0 Å². The summed E-state index contributed by atoms with van der Waals surface area (Å²) < 4.78 is 145. The van der Waals surface area contributed by atoms with Crippen LogP contribution in [0.3, 0.4) is 0 Å². The van der Waals surface area contributed by atoms with E-state index in [1.165, 1.54) is 0 Å². The first-order valence-electron chi connectivity index (χ1n) is 3.94. The Morgan fingerprint density at radius 2 is 0.842 bits per heavy atom. The van der Waals surface area contributed by atoms with Crippen LogP contribution in [0.25, 0.3) is 0 Å². The molecule has 0 amide bonds. The van der Waals surface area contributed by atoms with Crippen molar-refractivity contribution in [2.75, 3.05) is 0 Å². The van der Waals surface area contributed by atoms with Gasteiger partial charge in [-0.15, -0.1) is 0 Å². The average Bonchev–Trinajstić information content (AvgIpc) is 1.92. The molecule has 0 aliphatic carbocycles. The third kappa shape index (κ3) is 3.17. The lowest BCUT2D eigenvalue weighted by molar-refractivity contribution is -0.472. The Bertz CT molecular complexity index is 305. The van der Waals surface area contributed by atoms with Crippen LogP contribution in [0.15, 0.2) is 0 Å². The first-order chi connectivity index (χ1) is 7.87. The third-order valence-electron chi connectivity index (χ3n) is 1.89. The minimum absolute atomic E-state index is 1.13. The zero-order valence-electron chi connectivity index (χ0n) is 8.48. The van der Waals surface area contributed by atoms with E-state index < -0.39 is 42.3 Å². The van der Waals surface area contributed by atoms with Gasteiger partial charge in [-0.1, -0.05) is 4.90 Å². The van der Waals surface area contributed by atoms with Gasteiger partial charge in [0, 0.05) is 0 Å². The smallest absolute Gasteiger partial charge is 0.226 e.